The van der Waals surface area contributed by atoms with Crippen LogP contribution >= 0.6 is 0 Å². The molecule has 178 valence electrons. The Morgan fingerprint density at radius 1 is 1.03 bits per heavy atom. The fourth-order valence-electron chi connectivity index (χ4n) is 4.51. The van der Waals surface area contributed by atoms with Gasteiger partial charge in [0.15, 0.2) is 23.0 Å². The van der Waals surface area contributed by atoms with Gasteiger partial charge in [-0.2, -0.15) is 0 Å². The van der Waals surface area contributed by atoms with Gasteiger partial charge in [-0.25, -0.2) is 0 Å². The van der Waals surface area contributed by atoms with Gasteiger partial charge >= 0.3 is 0 Å². The monoisotopic (exact) mass is 463 g/mol. The number of piperidine rings is 1. The SMILES string of the molecule is COc1ccc([C@@H](CNC(=O)c2cc(-c3ccc4c(c3)OCCO4)on2)N2CCCCC2)cc1. The lowest BCUT2D eigenvalue weighted by Gasteiger charge is -2.35. The highest BCUT2D eigenvalue weighted by Gasteiger charge is 2.24. The third-order valence-electron chi connectivity index (χ3n) is 6.36. The van der Waals surface area contributed by atoms with Crippen LogP contribution in [0.3, 0.4) is 0 Å². The van der Waals surface area contributed by atoms with Gasteiger partial charge in [0.25, 0.3) is 5.91 Å². The number of nitrogens with zero attached hydrogens (tertiary/aromatic N) is 2. The molecule has 1 fully saturated rings. The first-order chi connectivity index (χ1) is 16.7. The van der Waals surface area contributed by atoms with Crippen LogP contribution < -0.4 is 19.5 Å². The summed E-state index contributed by atoms with van der Waals surface area (Å²) in [6, 6.07) is 15.4. The Hall–Kier alpha value is -3.52. The molecule has 1 amide bonds. The number of nitrogens with one attached hydrogen (secondary N) is 1. The molecule has 3 heterocycles. The highest BCUT2D eigenvalue weighted by atomic mass is 16.6. The molecule has 0 radical (unpaired) electrons. The van der Waals surface area contributed by atoms with Crippen LogP contribution in [0, 0.1) is 0 Å². The van der Waals surface area contributed by atoms with Crippen molar-refractivity contribution in [2.75, 3.05) is 40.0 Å². The van der Waals surface area contributed by atoms with Gasteiger partial charge in [0.05, 0.1) is 13.2 Å². The van der Waals surface area contributed by atoms with E-state index >= 15 is 0 Å². The maximum Gasteiger partial charge on any atom is 0.273 e. The van der Waals surface area contributed by atoms with Crippen LogP contribution in [0.1, 0.15) is 41.4 Å². The number of fused-ring (bicyclic) bond motifs is 1. The molecule has 1 saturated heterocycles. The predicted molar refractivity (Wildman–Crippen MR) is 126 cm³/mol. The molecular formula is C26H29N3O5. The predicted octanol–water partition coefficient (Wildman–Crippen LogP) is 4.08. The molecule has 5 rings (SSSR count). The summed E-state index contributed by atoms with van der Waals surface area (Å²) in [6.45, 7) is 3.56. The van der Waals surface area contributed by atoms with Gasteiger partial charge in [-0.05, 0) is 61.8 Å². The Morgan fingerprint density at radius 2 is 1.79 bits per heavy atom. The number of amides is 1. The van der Waals surface area contributed by atoms with Crippen LogP contribution in [0.2, 0.25) is 0 Å². The van der Waals surface area contributed by atoms with Gasteiger partial charge in [-0.3, -0.25) is 9.69 Å². The van der Waals surface area contributed by atoms with Crippen molar-refractivity contribution >= 4 is 5.91 Å². The molecule has 0 bridgehead atoms. The van der Waals surface area contributed by atoms with Gasteiger partial charge < -0.3 is 24.1 Å². The number of aromatic nitrogens is 1. The average Bonchev–Trinajstić information content (AvgIpc) is 3.40. The largest absolute Gasteiger partial charge is 0.497 e. The number of carbonyl (C=O) groups is 1. The van der Waals surface area contributed by atoms with E-state index < -0.39 is 0 Å². The molecule has 3 aromatic rings. The minimum atomic E-state index is -0.261. The quantitative estimate of drug-likeness (QED) is 0.565. The molecule has 0 spiro atoms. The van der Waals surface area contributed by atoms with Gasteiger partial charge in [0.1, 0.15) is 19.0 Å². The van der Waals surface area contributed by atoms with Crippen molar-refractivity contribution in [1.82, 2.24) is 15.4 Å². The van der Waals surface area contributed by atoms with Gasteiger partial charge in [-0.1, -0.05) is 23.7 Å². The lowest BCUT2D eigenvalue weighted by molar-refractivity contribution is 0.0915. The van der Waals surface area contributed by atoms with Crippen molar-refractivity contribution in [1.29, 1.82) is 0 Å². The number of likely N-dealkylation sites (tertiary alicyclic amines) is 1. The molecule has 1 N–H and O–H groups in total. The summed E-state index contributed by atoms with van der Waals surface area (Å²) in [5.74, 6) is 2.43. The van der Waals surface area contributed by atoms with Crippen LogP contribution in [-0.2, 0) is 0 Å². The molecule has 8 heteroatoms. The second-order valence-electron chi connectivity index (χ2n) is 8.53. The Labute approximate surface area is 198 Å². The number of carbonyl (C=O) groups excluding carboxylic acids is 1. The van der Waals surface area contributed by atoms with Crippen molar-refractivity contribution in [3.63, 3.8) is 0 Å². The van der Waals surface area contributed by atoms with Crippen LogP contribution in [0.15, 0.2) is 53.1 Å². The topological polar surface area (TPSA) is 86.1 Å². The van der Waals surface area contributed by atoms with Crippen LogP contribution in [-0.4, -0.2) is 55.9 Å². The van der Waals surface area contributed by atoms with E-state index in [4.69, 9.17) is 18.7 Å². The van der Waals surface area contributed by atoms with Crippen molar-refractivity contribution in [2.45, 2.75) is 25.3 Å². The molecule has 0 unspecified atom stereocenters. The maximum atomic E-state index is 12.9. The fourth-order valence-corrected chi connectivity index (χ4v) is 4.51. The lowest BCUT2D eigenvalue weighted by atomic mass is 10.0. The molecule has 2 aliphatic heterocycles. The lowest BCUT2D eigenvalue weighted by Crippen LogP contribution is -2.40. The van der Waals surface area contributed by atoms with E-state index in [1.807, 2.05) is 30.3 Å². The van der Waals surface area contributed by atoms with Gasteiger partial charge in [0, 0.05) is 18.2 Å². The molecule has 1 aromatic heterocycles. The molecule has 34 heavy (non-hydrogen) atoms. The molecule has 1 atom stereocenters. The van der Waals surface area contributed by atoms with E-state index in [1.54, 1.807) is 13.2 Å². The molecule has 2 aliphatic rings. The molecule has 8 nitrogen and oxygen atoms in total. The van der Waals surface area contributed by atoms with Crippen molar-refractivity contribution < 1.29 is 23.5 Å². The van der Waals surface area contributed by atoms with Crippen LogP contribution in [0.25, 0.3) is 11.3 Å². The number of hydrogen-bond donors (Lipinski definition) is 1. The van der Waals surface area contributed by atoms with Gasteiger partial charge in [-0.15, -0.1) is 0 Å². The Morgan fingerprint density at radius 3 is 2.56 bits per heavy atom. The first kappa shape index (κ1) is 22.3. The average molecular weight is 464 g/mol. The summed E-state index contributed by atoms with van der Waals surface area (Å²) >= 11 is 0. The van der Waals surface area contributed by atoms with E-state index in [1.165, 1.54) is 19.3 Å². The molecule has 2 aromatic carbocycles. The third kappa shape index (κ3) is 4.87. The van der Waals surface area contributed by atoms with E-state index in [2.05, 4.69) is 27.5 Å². The molecule has 0 saturated carbocycles. The summed E-state index contributed by atoms with van der Waals surface area (Å²) in [5.41, 5.74) is 2.18. The zero-order chi connectivity index (χ0) is 23.3. The first-order valence-electron chi connectivity index (χ1n) is 11.7. The highest BCUT2D eigenvalue weighted by Crippen LogP contribution is 2.34. The van der Waals surface area contributed by atoms with E-state index in [-0.39, 0.29) is 17.6 Å². The summed E-state index contributed by atoms with van der Waals surface area (Å²) < 4.78 is 22.0. The van der Waals surface area contributed by atoms with E-state index in [0.29, 0.717) is 37.0 Å². The zero-order valence-corrected chi connectivity index (χ0v) is 19.3. The number of benzene rings is 2. The fraction of sp³-hybridized carbons (Fsp3) is 0.385. The third-order valence-corrected chi connectivity index (χ3v) is 6.36. The maximum absolute atomic E-state index is 12.9. The van der Waals surface area contributed by atoms with Gasteiger partial charge in [0.2, 0.25) is 0 Å². The van der Waals surface area contributed by atoms with Crippen molar-refractivity contribution in [2.24, 2.45) is 0 Å². The molecule has 0 aliphatic carbocycles. The minimum Gasteiger partial charge on any atom is -0.497 e. The number of ether oxygens (including phenoxy) is 3. The Bertz CT molecular complexity index is 1120. The standard InChI is InChI=1S/C26H29N3O5/c1-31-20-8-5-18(6-9-20)22(29-11-3-2-4-12-29)17-27-26(30)21-16-24(34-28-21)19-7-10-23-25(15-19)33-14-13-32-23/h5-10,15-16,22H,2-4,11-14,17H2,1H3,(H,27,30)/t22-/m1/s1. The first-order valence-corrected chi connectivity index (χ1v) is 11.7. The van der Waals surface area contributed by atoms with Crippen LogP contribution in [0.4, 0.5) is 0 Å². The molecular weight excluding hydrogens is 434 g/mol. The number of rotatable bonds is 7. The van der Waals surface area contributed by atoms with Crippen molar-refractivity contribution in [3.05, 3.63) is 59.8 Å². The Balaban J connectivity index is 1.28. The number of methoxy groups -OCH3 is 1. The summed E-state index contributed by atoms with van der Waals surface area (Å²) in [5, 5.41) is 7.06. The summed E-state index contributed by atoms with van der Waals surface area (Å²) in [7, 11) is 1.66. The summed E-state index contributed by atoms with van der Waals surface area (Å²) in [4.78, 5) is 15.4. The highest BCUT2D eigenvalue weighted by molar-refractivity contribution is 5.93. The summed E-state index contributed by atoms with van der Waals surface area (Å²) in [6.07, 6.45) is 3.59. The smallest absolute Gasteiger partial charge is 0.273 e. The normalized spacial score (nSPS) is 16.6. The number of hydrogen-bond acceptors (Lipinski definition) is 7. The second kappa shape index (κ2) is 10.2. The second-order valence-corrected chi connectivity index (χ2v) is 8.53. The van der Waals surface area contributed by atoms with Crippen LogP contribution in [0.5, 0.6) is 17.2 Å². The zero-order valence-electron chi connectivity index (χ0n) is 19.3. The van der Waals surface area contributed by atoms with Crippen molar-refractivity contribution in [3.8, 4) is 28.6 Å². The van der Waals surface area contributed by atoms with E-state index in [0.717, 1.165) is 30.0 Å². The Kier molecular flexibility index (Phi) is 6.67. The van der Waals surface area contributed by atoms with E-state index in [9.17, 15) is 4.79 Å². The minimum absolute atomic E-state index is 0.0827.